The Bertz CT molecular complexity index is 1420. The Labute approximate surface area is 258 Å². The smallest absolute Gasteiger partial charge is 0.433 e. The van der Waals surface area contributed by atoms with Gasteiger partial charge in [-0.1, -0.05) is 29.8 Å². The molecule has 3 heterocycles. The second-order valence-corrected chi connectivity index (χ2v) is 11.5. The predicted molar refractivity (Wildman–Crippen MR) is 160 cm³/mol. The molecule has 3 aromatic rings. The maximum absolute atomic E-state index is 14.2. The predicted octanol–water partition coefficient (Wildman–Crippen LogP) is 7.02. The van der Waals surface area contributed by atoms with Crippen molar-refractivity contribution in [1.82, 2.24) is 14.7 Å². The largest absolute Gasteiger partial charge is 0.462 e. The number of ether oxygens (including phenoxy) is 1. The lowest BCUT2D eigenvalue weighted by Crippen LogP contribution is -2.46. The lowest BCUT2D eigenvalue weighted by atomic mass is 9.99. The molecular formula is C31H35ClF5N5O2. The summed E-state index contributed by atoms with van der Waals surface area (Å²) < 4.78 is 73.5. The Kier molecular flexibility index (Phi) is 9.99. The van der Waals surface area contributed by atoms with Gasteiger partial charge in [0, 0.05) is 74.2 Å². The summed E-state index contributed by atoms with van der Waals surface area (Å²) in [6.07, 6.45) is -5.18. The molecule has 44 heavy (non-hydrogen) atoms. The zero-order valence-electron chi connectivity index (χ0n) is 24.4. The second kappa shape index (κ2) is 13.7. The number of rotatable bonds is 9. The van der Waals surface area contributed by atoms with Gasteiger partial charge in [-0.3, -0.25) is 9.58 Å². The molecule has 1 atom stereocenters. The van der Waals surface area contributed by atoms with E-state index in [9.17, 15) is 26.7 Å². The van der Waals surface area contributed by atoms with Gasteiger partial charge in [0.25, 0.3) is 0 Å². The van der Waals surface area contributed by atoms with Crippen LogP contribution in [0.25, 0.3) is 11.1 Å². The summed E-state index contributed by atoms with van der Waals surface area (Å²) in [6, 6.07) is 13.0. The highest BCUT2D eigenvalue weighted by atomic mass is 35.5. The van der Waals surface area contributed by atoms with Crippen molar-refractivity contribution in [3.63, 3.8) is 0 Å². The van der Waals surface area contributed by atoms with E-state index in [0.717, 1.165) is 59.6 Å². The van der Waals surface area contributed by atoms with Gasteiger partial charge in [0.1, 0.15) is 5.56 Å². The van der Waals surface area contributed by atoms with Crippen LogP contribution < -0.4 is 9.80 Å². The van der Waals surface area contributed by atoms with Crippen LogP contribution in [0, 0.1) is 0 Å². The number of piperidine rings is 1. The number of anilines is 2. The zero-order valence-corrected chi connectivity index (χ0v) is 25.1. The molecular weight excluding hydrogens is 605 g/mol. The summed E-state index contributed by atoms with van der Waals surface area (Å²) in [5, 5.41) is 4.52. The Morgan fingerprint density at radius 1 is 1.05 bits per heavy atom. The van der Waals surface area contributed by atoms with Gasteiger partial charge in [-0.15, -0.1) is 0 Å². The number of hydrogen-bond donors (Lipinski definition) is 0. The minimum Gasteiger partial charge on any atom is -0.462 e. The molecule has 238 valence electrons. The SMILES string of the molecule is CCOC(=O)c1cnn(C2CCCN(c3cc(Cl)ccc3-c3ccc(N4CCN(CCC(F)F)CC4)cc3)C2)c1C(F)(F)F. The molecule has 0 amide bonds. The lowest BCUT2D eigenvalue weighted by Gasteiger charge is -2.37. The molecule has 0 bridgehead atoms. The molecule has 5 rings (SSSR count). The van der Waals surface area contributed by atoms with E-state index >= 15 is 0 Å². The van der Waals surface area contributed by atoms with Crippen molar-refractivity contribution >= 4 is 28.9 Å². The van der Waals surface area contributed by atoms with Gasteiger partial charge in [-0.05, 0) is 49.6 Å². The number of esters is 1. The van der Waals surface area contributed by atoms with Gasteiger partial charge >= 0.3 is 12.1 Å². The first kappa shape index (κ1) is 32.0. The van der Waals surface area contributed by atoms with E-state index in [-0.39, 0.29) is 19.6 Å². The van der Waals surface area contributed by atoms with E-state index < -0.39 is 35.9 Å². The van der Waals surface area contributed by atoms with Crippen molar-refractivity contribution in [2.45, 2.75) is 44.8 Å². The van der Waals surface area contributed by atoms with Crippen LogP contribution in [-0.2, 0) is 10.9 Å². The molecule has 0 spiro atoms. The summed E-state index contributed by atoms with van der Waals surface area (Å²) in [5.74, 6) is -1.05. The maximum atomic E-state index is 14.2. The van der Waals surface area contributed by atoms with Crippen molar-refractivity contribution in [1.29, 1.82) is 0 Å². The quantitative estimate of drug-likeness (QED) is 0.185. The van der Waals surface area contributed by atoms with Gasteiger partial charge in [0.15, 0.2) is 5.69 Å². The molecule has 2 aliphatic rings. The number of nitrogens with zero attached hydrogens (tertiary/aromatic N) is 5. The van der Waals surface area contributed by atoms with Crippen LogP contribution in [-0.4, -0.2) is 79.5 Å². The van der Waals surface area contributed by atoms with Crippen LogP contribution in [0.2, 0.25) is 5.02 Å². The van der Waals surface area contributed by atoms with E-state index in [0.29, 0.717) is 31.0 Å². The van der Waals surface area contributed by atoms with Crippen molar-refractivity contribution < 1.29 is 31.5 Å². The first-order chi connectivity index (χ1) is 21.0. The third-order valence-corrected chi connectivity index (χ3v) is 8.42. The molecule has 1 aromatic heterocycles. The zero-order chi connectivity index (χ0) is 31.4. The maximum Gasteiger partial charge on any atom is 0.433 e. The topological polar surface area (TPSA) is 53.8 Å². The van der Waals surface area contributed by atoms with Crippen LogP contribution in [0.5, 0.6) is 0 Å². The van der Waals surface area contributed by atoms with E-state index in [1.165, 1.54) is 6.92 Å². The lowest BCUT2D eigenvalue weighted by molar-refractivity contribution is -0.145. The Hall–Kier alpha value is -3.38. The number of piperazine rings is 1. The fraction of sp³-hybridized carbons (Fsp3) is 0.484. The van der Waals surface area contributed by atoms with Gasteiger partial charge in [-0.25, -0.2) is 13.6 Å². The number of carbonyl (C=O) groups excluding carboxylic acids is 1. The van der Waals surface area contributed by atoms with E-state index in [1.807, 2.05) is 41.3 Å². The Balaban J connectivity index is 1.35. The van der Waals surface area contributed by atoms with Gasteiger partial charge in [0.05, 0.1) is 18.8 Å². The highest BCUT2D eigenvalue weighted by Gasteiger charge is 2.42. The summed E-state index contributed by atoms with van der Waals surface area (Å²) >= 11 is 6.41. The summed E-state index contributed by atoms with van der Waals surface area (Å²) in [7, 11) is 0. The number of alkyl halides is 5. The number of aromatic nitrogens is 2. The van der Waals surface area contributed by atoms with Crippen molar-refractivity contribution in [2.75, 3.05) is 62.2 Å². The average molecular weight is 640 g/mol. The molecule has 2 aromatic carbocycles. The molecule has 2 saturated heterocycles. The van der Waals surface area contributed by atoms with Crippen LogP contribution in [0.4, 0.5) is 33.3 Å². The fourth-order valence-electron chi connectivity index (χ4n) is 6.03. The van der Waals surface area contributed by atoms with E-state index in [2.05, 4.69) is 14.9 Å². The van der Waals surface area contributed by atoms with Crippen LogP contribution in [0.1, 0.15) is 48.3 Å². The van der Waals surface area contributed by atoms with Crippen molar-refractivity contribution in [3.05, 3.63) is 64.9 Å². The van der Waals surface area contributed by atoms with Crippen LogP contribution >= 0.6 is 11.6 Å². The molecule has 0 aliphatic carbocycles. The molecule has 7 nitrogen and oxygen atoms in total. The minimum absolute atomic E-state index is 0.0444. The van der Waals surface area contributed by atoms with Crippen molar-refractivity contribution in [3.8, 4) is 11.1 Å². The molecule has 13 heteroatoms. The molecule has 0 saturated carbocycles. The van der Waals surface area contributed by atoms with Gasteiger partial charge < -0.3 is 14.5 Å². The minimum atomic E-state index is -4.79. The standard InChI is InChI=1S/C31H35ClF5N5O2/c1-2-44-30(43)26-19-38-42(29(26)31(35,36)37)24-4-3-12-41(20-24)27-18-22(32)7-10-25(27)21-5-8-23(9-6-21)40-16-14-39(15-17-40)13-11-28(33)34/h5-10,18-19,24,28H,2-4,11-17,20H2,1H3. The number of hydrogen-bond acceptors (Lipinski definition) is 6. The molecule has 2 aliphatic heterocycles. The highest BCUT2D eigenvalue weighted by Crippen LogP contribution is 2.39. The molecule has 0 N–H and O–H groups in total. The number of halogens is 6. The Morgan fingerprint density at radius 2 is 1.77 bits per heavy atom. The van der Waals surface area contributed by atoms with Crippen LogP contribution in [0.3, 0.4) is 0 Å². The highest BCUT2D eigenvalue weighted by molar-refractivity contribution is 6.31. The van der Waals surface area contributed by atoms with Gasteiger partial charge in [0.2, 0.25) is 6.43 Å². The summed E-state index contributed by atoms with van der Waals surface area (Å²) in [4.78, 5) is 18.6. The summed E-state index contributed by atoms with van der Waals surface area (Å²) in [6.45, 7) is 5.68. The van der Waals surface area contributed by atoms with Crippen molar-refractivity contribution in [2.24, 2.45) is 0 Å². The number of benzene rings is 2. The molecule has 2 fully saturated rings. The molecule has 0 radical (unpaired) electrons. The van der Waals surface area contributed by atoms with E-state index in [4.69, 9.17) is 16.3 Å². The number of carbonyl (C=O) groups is 1. The normalized spacial score (nSPS) is 18.2. The van der Waals surface area contributed by atoms with Gasteiger partial charge in [-0.2, -0.15) is 18.3 Å². The first-order valence-corrected chi connectivity index (χ1v) is 15.1. The average Bonchev–Trinajstić information content (AvgIpc) is 3.47. The second-order valence-electron chi connectivity index (χ2n) is 11.0. The fourth-order valence-corrected chi connectivity index (χ4v) is 6.19. The summed E-state index contributed by atoms with van der Waals surface area (Å²) in [5.41, 5.74) is 1.97. The third kappa shape index (κ3) is 7.28. The first-order valence-electron chi connectivity index (χ1n) is 14.8. The van der Waals surface area contributed by atoms with Crippen LogP contribution in [0.15, 0.2) is 48.7 Å². The van der Waals surface area contributed by atoms with E-state index in [1.54, 1.807) is 6.07 Å². The Morgan fingerprint density at radius 3 is 2.43 bits per heavy atom. The molecule has 1 unspecified atom stereocenters. The third-order valence-electron chi connectivity index (χ3n) is 8.18. The monoisotopic (exact) mass is 639 g/mol.